The van der Waals surface area contributed by atoms with Crippen LogP contribution in [0.15, 0.2) is 12.3 Å². The molecular formula is C11H19ClN4. The number of halogens is 1. The molecule has 16 heavy (non-hydrogen) atoms. The van der Waals surface area contributed by atoms with Crippen LogP contribution < -0.4 is 5.73 Å². The SMILES string of the molecule is CN1CCC(c2ccnc(CN)n2)CC1.Cl. The largest absolute Gasteiger partial charge is 0.324 e. The molecule has 0 radical (unpaired) electrons. The Morgan fingerprint density at radius 3 is 2.75 bits per heavy atom. The summed E-state index contributed by atoms with van der Waals surface area (Å²) in [7, 11) is 2.17. The third-order valence-electron chi connectivity index (χ3n) is 3.05. The molecule has 1 aliphatic rings. The number of rotatable bonds is 2. The number of nitrogens with zero attached hydrogens (tertiary/aromatic N) is 3. The standard InChI is InChI=1S/C11H18N4.ClH/c1-15-6-3-9(4-7-15)10-2-5-13-11(8-12)14-10;/h2,5,9H,3-4,6-8,12H2,1H3;1H. The van der Waals surface area contributed by atoms with Crippen molar-refractivity contribution in [3.63, 3.8) is 0 Å². The van der Waals surface area contributed by atoms with E-state index < -0.39 is 0 Å². The van der Waals surface area contributed by atoms with Crippen molar-refractivity contribution in [2.75, 3.05) is 20.1 Å². The average molecular weight is 243 g/mol. The highest BCUT2D eigenvalue weighted by Crippen LogP contribution is 2.25. The first-order valence-electron chi connectivity index (χ1n) is 5.50. The lowest BCUT2D eigenvalue weighted by Gasteiger charge is -2.28. The lowest BCUT2D eigenvalue weighted by Crippen LogP contribution is -2.29. The minimum absolute atomic E-state index is 0. The molecule has 1 aromatic heterocycles. The van der Waals surface area contributed by atoms with Gasteiger partial charge in [-0.05, 0) is 39.0 Å². The third kappa shape index (κ3) is 3.14. The molecule has 2 heterocycles. The van der Waals surface area contributed by atoms with Crippen molar-refractivity contribution in [3.8, 4) is 0 Å². The lowest BCUT2D eigenvalue weighted by atomic mass is 9.93. The minimum atomic E-state index is 0. The Morgan fingerprint density at radius 1 is 1.44 bits per heavy atom. The molecular weight excluding hydrogens is 224 g/mol. The van der Waals surface area contributed by atoms with Crippen molar-refractivity contribution >= 4 is 12.4 Å². The highest BCUT2D eigenvalue weighted by atomic mass is 35.5. The molecule has 1 saturated heterocycles. The fourth-order valence-electron chi connectivity index (χ4n) is 2.04. The Hall–Kier alpha value is -0.710. The summed E-state index contributed by atoms with van der Waals surface area (Å²) in [6, 6.07) is 2.02. The van der Waals surface area contributed by atoms with Crippen LogP contribution in [0.25, 0.3) is 0 Å². The molecule has 1 aromatic rings. The van der Waals surface area contributed by atoms with E-state index in [1.165, 1.54) is 18.5 Å². The summed E-state index contributed by atoms with van der Waals surface area (Å²) in [5, 5.41) is 0. The van der Waals surface area contributed by atoms with Gasteiger partial charge in [-0.25, -0.2) is 9.97 Å². The second-order valence-corrected chi connectivity index (χ2v) is 4.18. The fraction of sp³-hybridized carbons (Fsp3) is 0.636. The second-order valence-electron chi connectivity index (χ2n) is 4.18. The molecule has 0 atom stereocenters. The van der Waals surface area contributed by atoms with Gasteiger partial charge < -0.3 is 10.6 Å². The van der Waals surface area contributed by atoms with Crippen molar-refractivity contribution in [1.82, 2.24) is 14.9 Å². The van der Waals surface area contributed by atoms with E-state index in [1.54, 1.807) is 0 Å². The summed E-state index contributed by atoms with van der Waals surface area (Å²) >= 11 is 0. The first-order chi connectivity index (χ1) is 7.29. The van der Waals surface area contributed by atoms with E-state index in [-0.39, 0.29) is 12.4 Å². The molecule has 2 rings (SSSR count). The summed E-state index contributed by atoms with van der Waals surface area (Å²) in [4.78, 5) is 11.0. The van der Waals surface area contributed by atoms with E-state index >= 15 is 0 Å². The van der Waals surface area contributed by atoms with Crippen molar-refractivity contribution in [1.29, 1.82) is 0 Å². The van der Waals surface area contributed by atoms with E-state index in [1.807, 2.05) is 12.3 Å². The van der Waals surface area contributed by atoms with Crippen LogP contribution in [-0.2, 0) is 6.54 Å². The van der Waals surface area contributed by atoms with Gasteiger partial charge in [0.05, 0.1) is 6.54 Å². The zero-order chi connectivity index (χ0) is 10.7. The summed E-state index contributed by atoms with van der Waals surface area (Å²) in [6.45, 7) is 2.75. The highest BCUT2D eigenvalue weighted by Gasteiger charge is 2.19. The van der Waals surface area contributed by atoms with Crippen molar-refractivity contribution in [3.05, 3.63) is 23.8 Å². The molecule has 0 saturated carbocycles. The van der Waals surface area contributed by atoms with E-state index in [4.69, 9.17) is 5.73 Å². The fourth-order valence-corrected chi connectivity index (χ4v) is 2.04. The molecule has 0 amide bonds. The molecule has 0 aromatic carbocycles. The molecule has 0 spiro atoms. The summed E-state index contributed by atoms with van der Waals surface area (Å²) in [5.41, 5.74) is 6.70. The summed E-state index contributed by atoms with van der Waals surface area (Å²) in [5.74, 6) is 1.35. The van der Waals surface area contributed by atoms with Gasteiger partial charge in [-0.3, -0.25) is 0 Å². The van der Waals surface area contributed by atoms with Gasteiger partial charge in [0.25, 0.3) is 0 Å². The molecule has 90 valence electrons. The molecule has 0 bridgehead atoms. The second kappa shape index (κ2) is 6.13. The van der Waals surface area contributed by atoms with Crippen molar-refractivity contribution in [2.24, 2.45) is 5.73 Å². The molecule has 4 nitrogen and oxygen atoms in total. The van der Waals surface area contributed by atoms with Crippen LogP contribution in [0.3, 0.4) is 0 Å². The van der Waals surface area contributed by atoms with Crippen LogP contribution in [-0.4, -0.2) is 35.0 Å². The van der Waals surface area contributed by atoms with E-state index in [0.29, 0.717) is 12.5 Å². The van der Waals surface area contributed by atoms with Crippen molar-refractivity contribution < 1.29 is 0 Å². The number of hydrogen-bond acceptors (Lipinski definition) is 4. The van der Waals surface area contributed by atoms with Gasteiger partial charge in [-0.15, -0.1) is 12.4 Å². The third-order valence-corrected chi connectivity index (χ3v) is 3.05. The molecule has 2 N–H and O–H groups in total. The smallest absolute Gasteiger partial charge is 0.142 e. The summed E-state index contributed by atoms with van der Waals surface area (Å²) < 4.78 is 0. The van der Waals surface area contributed by atoms with E-state index in [9.17, 15) is 0 Å². The van der Waals surface area contributed by atoms with E-state index in [2.05, 4.69) is 21.9 Å². The number of hydrogen-bond donors (Lipinski definition) is 1. The highest BCUT2D eigenvalue weighted by molar-refractivity contribution is 5.85. The van der Waals surface area contributed by atoms with Crippen molar-refractivity contribution in [2.45, 2.75) is 25.3 Å². The van der Waals surface area contributed by atoms with Crippen LogP contribution in [0.4, 0.5) is 0 Å². The Labute approximate surface area is 103 Å². The summed E-state index contributed by atoms with van der Waals surface area (Å²) in [6.07, 6.45) is 4.21. The van der Waals surface area contributed by atoms with Gasteiger partial charge in [0.1, 0.15) is 5.82 Å². The predicted molar refractivity (Wildman–Crippen MR) is 66.6 cm³/mol. The van der Waals surface area contributed by atoms with Crippen LogP contribution in [0.1, 0.15) is 30.3 Å². The van der Waals surface area contributed by atoms with Crippen LogP contribution in [0.2, 0.25) is 0 Å². The van der Waals surface area contributed by atoms with Gasteiger partial charge in [0.2, 0.25) is 0 Å². The Balaban J connectivity index is 0.00000128. The average Bonchev–Trinajstić information content (AvgIpc) is 2.30. The molecule has 0 unspecified atom stereocenters. The topological polar surface area (TPSA) is 55.0 Å². The Kier molecular flexibility index (Phi) is 5.12. The maximum Gasteiger partial charge on any atom is 0.142 e. The zero-order valence-corrected chi connectivity index (χ0v) is 10.4. The van der Waals surface area contributed by atoms with Crippen LogP contribution >= 0.6 is 12.4 Å². The van der Waals surface area contributed by atoms with Crippen LogP contribution in [0.5, 0.6) is 0 Å². The number of aromatic nitrogens is 2. The number of piperidine rings is 1. The molecule has 1 fully saturated rings. The maximum absolute atomic E-state index is 5.54. The molecule has 5 heteroatoms. The van der Waals surface area contributed by atoms with E-state index in [0.717, 1.165) is 18.9 Å². The predicted octanol–water partition coefficient (Wildman–Crippen LogP) is 1.17. The first-order valence-corrected chi connectivity index (χ1v) is 5.50. The molecule has 0 aliphatic carbocycles. The first kappa shape index (κ1) is 13.4. The molecule has 1 aliphatic heterocycles. The van der Waals surface area contributed by atoms with Gasteiger partial charge in [0, 0.05) is 17.8 Å². The number of likely N-dealkylation sites (tertiary alicyclic amines) is 1. The zero-order valence-electron chi connectivity index (χ0n) is 9.59. The van der Waals surface area contributed by atoms with Gasteiger partial charge in [-0.1, -0.05) is 0 Å². The Morgan fingerprint density at radius 2 is 2.12 bits per heavy atom. The quantitative estimate of drug-likeness (QED) is 0.846. The normalized spacial score (nSPS) is 18.1. The Bertz CT molecular complexity index is 324. The lowest BCUT2D eigenvalue weighted by molar-refractivity contribution is 0.253. The van der Waals surface area contributed by atoms with Gasteiger partial charge in [-0.2, -0.15) is 0 Å². The van der Waals surface area contributed by atoms with Gasteiger partial charge in [0.15, 0.2) is 0 Å². The number of nitrogens with two attached hydrogens (primary N) is 1. The van der Waals surface area contributed by atoms with Crippen LogP contribution in [0, 0.1) is 0 Å². The maximum atomic E-state index is 5.54. The monoisotopic (exact) mass is 242 g/mol. The van der Waals surface area contributed by atoms with Gasteiger partial charge >= 0.3 is 0 Å². The minimum Gasteiger partial charge on any atom is -0.324 e.